The molecular formula is C19H20N4O3S. The van der Waals surface area contributed by atoms with E-state index in [1.807, 2.05) is 41.8 Å². The van der Waals surface area contributed by atoms with Gasteiger partial charge in [0.25, 0.3) is 5.89 Å². The number of amides is 2. The number of urea groups is 1. The number of rotatable bonds is 4. The van der Waals surface area contributed by atoms with Gasteiger partial charge in [-0.1, -0.05) is 6.07 Å². The highest BCUT2D eigenvalue weighted by atomic mass is 32.1. The second-order valence-electron chi connectivity index (χ2n) is 6.37. The average Bonchev–Trinajstić information content (AvgIpc) is 3.40. The molecule has 8 heteroatoms. The number of nitrogens with zero attached hydrogens (tertiary/aromatic N) is 3. The lowest BCUT2D eigenvalue weighted by molar-refractivity contribution is 0.187. The molecule has 0 bridgehead atoms. The van der Waals surface area contributed by atoms with E-state index in [-0.39, 0.29) is 11.9 Å². The number of thiophene rings is 1. The minimum Gasteiger partial charge on any atom is -0.497 e. The van der Waals surface area contributed by atoms with E-state index in [4.69, 9.17) is 9.15 Å². The molecule has 1 atom stereocenters. The Kier molecular flexibility index (Phi) is 5.06. The second-order valence-corrected chi connectivity index (χ2v) is 7.31. The van der Waals surface area contributed by atoms with Crippen molar-refractivity contribution in [1.29, 1.82) is 0 Å². The molecule has 4 rings (SSSR count). The summed E-state index contributed by atoms with van der Waals surface area (Å²) in [5.74, 6) is 1.95. The molecule has 0 spiro atoms. The van der Waals surface area contributed by atoms with Gasteiger partial charge in [-0.05, 0) is 48.6 Å². The van der Waals surface area contributed by atoms with Crippen LogP contribution in [0.5, 0.6) is 5.75 Å². The monoisotopic (exact) mass is 384 g/mol. The number of piperidine rings is 1. The van der Waals surface area contributed by atoms with Crippen molar-refractivity contribution in [1.82, 2.24) is 15.1 Å². The predicted octanol–water partition coefficient (Wildman–Crippen LogP) is 4.22. The van der Waals surface area contributed by atoms with Gasteiger partial charge in [-0.15, -0.1) is 21.5 Å². The van der Waals surface area contributed by atoms with Gasteiger partial charge < -0.3 is 19.4 Å². The van der Waals surface area contributed by atoms with Crippen molar-refractivity contribution < 1.29 is 13.9 Å². The van der Waals surface area contributed by atoms with Gasteiger partial charge in [0.1, 0.15) is 5.75 Å². The molecule has 1 saturated heterocycles. The maximum absolute atomic E-state index is 12.6. The largest absolute Gasteiger partial charge is 0.497 e. The van der Waals surface area contributed by atoms with E-state index in [1.165, 1.54) is 0 Å². The molecule has 0 aliphatic carbocycles. The van der Waals surface area contributed by atoms with Crippen molar-refractivity contribution in [3.05, 3.63) is 47.7 Å². The van der Waals surface area contributed by atoms with Crippen molar-refractivity contribution in [2.24, 2.45) is 0 Å². The van der Waals surface area contributed by atoms with Crippen LogP contribution in [0, 0.1) is 0 Å². The lowest BCUT2D eigenvalue weighted by atomic mass is 9.98. The number of hydrogen-bond acceptors (Lipinski definition) is 6. The normalized spacial score (nSPS) is 16.9. The third-order valence-electron chi connectivity index (χ3n) is 4.57. The van der Waals surface area contributed by atoms with Crippen LogP contribution in [0.2, 0.25) is 0 Å². The zero-order valence-electron chi connectivity index (χ0n) is 14.9. The number of carbonyl (C=O) groups excluding carboxylic acids is 1. The maximum Gasteiger partial charge on any atom is 0.321 e. The summed E-state index contributed by atoms with van der Waals surface area (Å²) < 4.78 is 11.0. The van der Waals surface area contributed by atoms with E-state index in [0.717, 1.165) is 29.2 Å². The third-order valence-corrected chi connectivity index (χ3v) is 5.43. The number of benzene rings is 1. The van der Waals surface area contributed by atoms with E-state index < -0.39 is 0 Å². The van der Waals surface area contributed by atoms with Crippen LogP contribution in [0.15, 0.2) is 46.2 Å². The van der Waals surface area contributed by atoms with E-state index in [2.05, 4.69) is 15.5 Å². The van der Waals surface area contributed by atoms with E-state index in [0.29, 0.717) is 24.9 Å². The SMILES string of the molecule is COc1ccc(NC(=O)N2CCCC(c3nnc(-c4cccs4)o3)C2)cc1. The first kappa shape index (κ1) is 17.5. The number of nitrogens with one attached hydrogen (secondary N) is 1. The Morgan fingerprint density at radius 1 is 1.30 bits per heavy atom. The number of hydrogen-bond donors (Lipinski definition) is 1. The third kappa shape index (κ3) is 3.95. The Bertz CT molecular complexity index is 892. The Labute approximate surface area is 161 Å². The fourth-order valence-electron chi connectivity index (χ4n) is 3.14. The Morgan fingerprint density at radius 2 is 2.15 bits per heavy atom. The van der Waals surface area contributed by atoms with Crippen LogP contribution in [-0.2, 0) is 0 Å². The minimum atomic E-state index is -0.122. The van der Waals surface area contributed by atoms with Gasteiger partial charge in [0, 0.05) is 18.8 Å². The number of carbonyl (C=O) groups is 1. The van der Waals surface area contributed by atoms with Crippen LogP contribution in [-0.4, -0.2) is 41.3 Å². The zero-order valence-corrected chi connectivity index (χ0v) is 15.7. The van der Waals surface area contributed by atoms with Crippen LogP contribution in [0.4, 0.5) is 10.5 Å². The van der Waals surface area contributed by atoms with Crippen LogP contribution in [0.3, 0.4) is 0 Å². The van der Waals surface area contributed by atoms with Gasteiger partial charge in [0.05, 0.1) is 17.9 Å². The molecule has 1 N–H and O–H groups in total. The second kappa shape index (κ2) is 7.79. The quantitative estimate of drug-likeness (QED) is 0.728. The number of likely N-dealkylation sites (tertiary alicyclic amines) is 1. The standard InChI is InChI=1S/C19H20N4O3S/c1-25-15-8-6-14(7-9-15)20-19(24)23-10-2-4-13(12-23)17-21-22-18(26-17)16-5-3-11-27-16/h3,5-9,11,13H,2,4,10,12H2,1H3,(H,20,24). The van der Waals surface area contributed by atoms with Crippen LogP contribution >= 0.6 is 11.3 Å². The summed E-state index contributed by atoms with van der Waals surface area (Å²) in [6.45, 7) is 1.28. The zero-order chi connectivity index (χ0) is 18.6. The average molecular weight is 384 g/mol. The van der Waals surface area contributed by atoms with Crippen molar-refractivity contribution >= 4 is 23.1 Å². The Hall–Kier alpha value is -2.87. The van der Waals surface area contributed by atoms with Crippen molar-refractivity contribution in [2.45, 2.75) is 18.8 Å². The molecule has 0 radical (unpaired) electrons. The van der Waals surface area contributed by atoms with Crippen LogP contribution in [0.25, 0.3) is 10.8 Å². The van der Waals surface area contributed by atoms with E-state index in [1.54, 1.807) is 23.3 Å². The first-order valence-electron chi connectivity index (χ1n) is 8.80. The number of methoxy groups -OCH3 is 1. The number of anilines is 1. The molecule has 2 amide bonds. The molecule has 0 saturated carbocycles. The van der Waals surface area contributed by atoms with Gasteiger partial charge >= 0.3 is 6.03 Å². The lowest BCUT2D eigenvalue weighted by Gasteiger charge is -2.31. The highest BCUT2D eigenvalue weighted by Gasteiger charge is 2.28. The molecule has 7 nitrogen and oxygen atoms in total. The van der Waals surface area contributed by atoms with Crippen molar-refractivity contribution in [2.75, 3.05) is 25.5 Å². The summed E-state index contributed by atoms with van der Waals surface area (Å²) >= 11 is 1.57. The predicted molar refractivity (Wildman–Crippen MR) is 103 cm³/mol. The summed E-state index contributed by atoms with van der Waals surface area (Å²) in [5, 5.41) is 13.3. The molecule has 1 fully saturated rings. The van der Waals surface area contributed by atoms with E-state index >= 15 is 0 Å². The van der Waals surface area contributed by atoms with Gasteiger partial charge in [-0.25, -0.2) is 4.79 Å². The maximum atomic E-state index is 12.6. The summed E-state index contributed by atoms with van der Waals surface area (Å²) in [7, 11) is 1.61. The number of ether oxygens (including phenoxy) is 1. The summed E-state index contributed by atoms with van der Waals surface area (Å²) in [5.41, 5.74) is 0.737. The Morgan fingerprint density at radius 3 is 2.89 bits per heavy atom. The molecule has 3 heterocycles. The molecule has 3 aromatic rings. The highest BCUT2D eigenvalue weighted by Crippen LogP contribution is 2.30. The van der Waals surface area contributed by atoms with E-state index in [9.17, 15) is 4.79 Å². The summed E-state index contributed by atoms with van der Waals surface area (Å²) in [6, 6.07) is 11.1. The molecular weight excluding hydrogens is 364 g/mol. The first-order valence-corrected chi connectivity index (χ1v) is 9.68. The first-order chi connectivity index (χ1) is 13.2. The smallest absolute Gasteiger partial charge is 0.321 e. The molecule has 1 aliphatic heterocycles. The topological polar surface area (TPSA) is 80.5 Å². The molecule has 1 aromatic carbocycles. The molecule has 1 unspecified atom stereocenters. The summed E-state index contributed by atoms with van der Waals surface area (Å²) in [6.07, 6.45) is 1.83. The summed E-state index contributed by atoms with van der Waals surface area (Å²) in [4.78, 5) is 15.4. The minimum absolute atomic E-state index is 0.0570. The van der Waals surface area contributed by atoms with Crippen LogP contribution in [0.1, 0.15) is 24.7 Å². The Balaban J connectivity index is 1.40. The van der Waals surface area contributed by atoms with Gasteiger partial charge in [0.15, 0.2) is 0 Å². The molecule has 27 heavy (non-hydrogen) atoms. The van der Waals surface area contributed by atoms with Crippen molar-refractivity contribution in [3.8, 4) is 16.5 Å². The fraction of sp³-hybridized carbons (Fsp3) is 0.316. The number of aromatic nitrogens is 2. The lowest BCUT2D eigenvalue weighted by Crippen LogP contribution is -2.41. The molecule has 1 aliphatic rings. The van der Waals surface area contributed by atoms with Crippen LogP contribution < -0.4 is 10.1 Å². The van der Waals surface area contributed by atoms with Gasteiger partial charge in [0.2, 0.25) is 5.89 Å². The molecule has 2 aromatic heterocycles. The van der Waals surface area contributed by atoms with Crippen molar-refractivity contribution in [3.63, 3.8) is 0 Å². The van der Waals surface area contributed by atoms with Gasteiger partial charge in [-0.3, -0.25) is 0 Å². The highest BCUT2D eigenvalue weighted by molar-refractivity contribution is 7.13. The van der Waals surface area contributed by atoms with Gasteiger partial charge in [-0.2, -0.15) is 0 Å². The fourth-order valence-corrected chi connectivity index (χ4v) is 3.78. The molecule has 140 valence electrons.